The van der Waals surface area contributed by atoms with Crippen LogP contribution in [0.15, 0.2) is 49.1 Å². The molecule has 1 aromatic carbocycles. The molecular formula is C19H18ClN5O2. The van der Waals surface area contributed by atoms with Crippen LogP contribution in [0.25, 0.3) is 16.6 Å². The van der Waals surface area contributed by atoms with Gasteiger partial charge >= 0.3 is 0 Å². The van der Waals surface area contributed by atoms with Crippen molar-refractivity contribution in [2.45, 2.75) is 18.5 Å². The molecule has 0 aliphatic carbocycles. The summed E-state index contributed by atoms with van der Waals surface area (Å²) in [6.45, 7) is -0.213. The minimum absolute atomic E-state index is 0.195. The van der Waals surface area contributed by atoms with Crippen LogP contribution in [-0.2, 0) is 4.79 Å². The number of carbonyl (C=O) groups is 1. The van der Waals surface area contributed by atoms with E-state index in [1.54, 1.807) is 18.2 Å². The summed E-state index contributed by atoms with van der Waals surface area (Å²) in [5.41, 5.74) is 3.26. The quantitative estimate of drug-likeness (QED) is 0.540. The van der Waals surface area contributed by atoms with Crippen LogP contribution >= 0.6 is 11.6 Å². The molecule has 1 aliphatic heterocycles. The molecule has 1 amide bonds. The summed E-state index contributed by atoms with van der Waals surface area (Å²) in [5.74, 6) is -0.195. The van der Waals surface area contributed by atoms with Crippen molar-refractivity contribution < 1.29 is 9.90 Å². The second-order valence-corrected chi connectivity index (χ2v) is 6.79. The molecule has 0 fully saturated rings. The number of aromatic nitrogens is 3. The van der Waals surface area contributed by atoms with Crippen molar-refractivity contribution in [3.8, 4) is 0 Å². The van der Waals surface area contributed by atoms with Crippen LogP contribution in [-0.4, -0.2) is 38.6 Å². The van der Waals surface area contributed by atoms with Gasteiger partial charge in [-0.1, -0.05) is 23.7 Å². The molecule has 0 saturated heterocycles. The Morgan fingerprint density at radius 1 is 1.37 bits per heavy atom. The molecule has 0 bridgehead atoms. The number of carbonyl (C=O) groups excluding carboxylic acids is 1. The zero-order chi connectivity index (χ0) is 18.8. The first-order valence-corrected chi connectivity index (χ1v) is 8.94. The van der Waals surface area contributed by atoms with Gasteiger partial charge in [0.25, 0.3) is 0 Å². The molecule has 1 aliphatic rings. The Balaban J connectivity index is 1.46. The minimum Gasteiger partial charge on any atom is -0.394 e. The third kappa shape index (κ3) is 3.51. The molecule has 3 aromatic rings. The number of hydrogen-bond acceptors (Lipinski definition) is 5. The summed E-state index contributed by atoms with van der Waals surface area (Å²) in [6, 6.07) is 8.06. The number of H-pyrrole nitrogens is 1. The summed E-state index contributed by atoms with van der Waals surface area (Å²) in [7, 11) is 0. The van der Waals surface area contributed by atoms with Gasteiger partial charge in [0, 0.05) is 29.2 Å². The molecule has 2 aromatic heterocycles. The van der Waals surface area contributed by atoms with Crippen LogP contribution in [0.4, 0.5) is 0 Å². The van der Waals surface area contributed by atoms with Gasteiger partial charge in [-0.2, -0.15) is 0 Å². The summed E-state index contributed by atoms with van der Waals surface area (Å²) in [5, 5.41) is 17.1. The number of nitrogens with zero attached hydrogens (tertiary/aromatic N) is 2. The van der Waals surface area contributed by atoms with Gasteiger partial charge in [0.15, 0.2) is 0 Å². The number of aromatic amines is 1. The van der Waals surface area contributed by atoms with E-state index in [9.17, 15) is 9.90 Å². The van der Waals surface area contributed by atoms with E-state index in [1.807, 2.05) is 24.5 Å². The van der Waals surface area contributed by atoms with E-state index in [0.717, 1.165) is 27.9 Å². The predicted molar refractivity (Wildman–Crippen MR) is 103 cm³/mol. The van der Waals surface area contributed by atoms with Crippen molar-refractivity contribution in [1.82, 2.24) is 25.6 Å². The molecule has 8 heteroatoms. The number of aliphatic hydroxyl groups excluding tert-OH is 1. The van der Waals surface area contributed by atoms with Crippen molar-refractivity contribution in [2.75, 3.05) is 6.61 Å². The number of rotatable bonds is 5. The van der Waals surface area contributed by atoms with E-state index in [1.165, 1.54) is 6.33 Å². The van der Waals surface area contributed by atoms with Crippen molar-refractivity contribution >= 4 is 34.1 Å². The lowest BCUT2D eigenvalue weighted by Gasteiger charge is -2.20. The molecule has 7 nitrogen and oxygen atoms in total. The third-order valence-electron chi connectivity index (χ3n) is 4.61. The fourth-order valence-electron chi connectivity index (χ4n) is 3.23. The van der Waals surface area contributed by atoms with E-state index >= 15 is 0 Å². The number of benzene rings is 1. The lowest BCUT2D eigenvalue weighted by atomic mass is 10.0. The van der Waals surface area contributed by atoms with Crippen LogP contribution in [0.3, 0.4) is 0 Å². The fraction of sp³-hybridized carbons (Fsp3) is 0.211. The Kier molecular flexibility index (Phi) is 4.79. The highest BCUT2D eigenvalue weighted by Gasteiger charge is 2.27. The topological polar surface area (TPSA) is 103 Å². The normalized spacial score (nSPS) is 17.4. The van der Waals surface area contributed by atoms with Gasteiger partial charge in [-0.05, 0) is 29.3 Å². The van der Waals surface area contributed by atoms with Crippen molar-refractivity contribution in [2.24, 2.45) is 0 Å². The molecular weight excluding hydrogens is 366 g/mol. The van der Waals surface area contributed by atoms with Gasteiger partial charge in [0.05, 0.1) is 18.3 Å². The Labute approximate surface area is 160 Å². The smallest absolute Gasteiger partial charge is 0.243 e. The second kappa shape index (κ2) is 7.38. The first-order chi connectivity index (χ1) is 13.2. The summed E-state index contributed by atoms with van der Waals surface area (Å²) < 4.78 is 0. The molecule has 2 atom stereocenters. The van der Waals surface area contributed by atoms with Crippen LogP contribution < -0.4 is 10.6 Å². The van der Waals surface area contributed by atoms with Crippen LogP contribution in [0.1, 0.15) is 23.7 Å². The predicted octanol–water partition coefficient (Wildman–Crippen LogP) is 2.16. The number of aliphatic hydroxyl groups is 1. The van der Waals surface area contributed by atoms with Crippen molar-refractivity contribution in [3.05, 3.63) is 65.3 Å². The van der Waals surface area contributed by atoms with Crippen LogP contribution in [0.5, 0.6) is 0 Å². The molecule has 27 heavy (non-hydrogen) atoms. The van der Waals surface area contributed by atoms with E-state index in [2.05, 4.69) is 25.6 Å². The van der Waals surface area contributed by atoms with E-state index in [-0.39, 0.29) is 12.5 Å². The van der Waals surface area contributed by atoms with E-state index in [0.29, 0.717) is 11.4 Å². The number of hydrogen-bond donors (Lipinski definition) is 4. The molecule has 3 heterocycles. The summed E-state index contributed by atoms with van der Waals surface area (Å²) in [6.07, 6.45) is 5.62. The lowest BCUT2D eigenvalue weighted by Crippen LogP contribution is -2.42. The maximum Gasteiger partial charge on any atom is 0.243 e. The molecule has 138 valence electrons. The van der Waals surface area contributed by atoms with Crippen molar-refractivity contribution in [1.29, 1.82) is 0 Å². The van der Waals surface area contributed by atoms with Gasteiger partial charge in [0.1, 0.15) is 18.0 Å². The molecule has 4 N–H and O–H groups in total. The van der Waals surface area contributed by atoms with E-state index < -0.39 is 12.1 Å². The summed E-state index contributed by atoms with van der Waals surface area (Å²) >= 11 is 6.01. The maximum atomic E-state index is 12.7. The molecule has 0 saturated carbocycles. The van der Waals surface area contributed by atoms with Gasteiger partial charge < -0.3 is 20.7 Å². The zero-order valence-corrected chi connectivity index (χ0v) is 15.1. The lowest BCUT2D eigenvalue weighted by molar-refractivity contribution is -0.123. The Bertz CT molecular complexity index is 1020. The second-order valence-electron chi connectivity index (χ2n) is 6.35. The number of fused-ring (bicyclic) bond motifs is 1. The molecule has 0 spiro atoms. The van der Waals surface area contributed by atoms with Gasteiger partial charge in [-0.3, -0.25) is 4.79 Å². The largest absolute Gasteiger partial charge is 0.394 e. The van der Waals surface area contributed by atoms with Gasteiger partial charge in [0.2, 0.25) is 5.91 Å². The maximum absolute atomic E-state index is 12.7. The van der Waals surface area contributed by atoms with Crippen molar-refractivity contribution in [3.63, 3.8) is 0 Å². The first kappa shape index (κ1) is 17.5. The first-order valence-electron chi connectivity index (χ1n) is 8.56. The Hall–Kier alpha value is -2.90. The Morgan fingerprint density at radius 2 is 2.26 bits per heavy atom. The standard InChI is InChI=1S/C19H18ClN5O2/c20-13-3-1-2-11(6-13)16(9-26)25-19(27)15-7-12(8-22-15)17-14-4-5-21-18(14)24-10-23-17/h1-6,8,10,15-16,22,26H,7,9H2,(H,25,27)(H,21,23,24). The summed E-state index contributed by atoms with van der Waals surface area (Å²) in [4.78, 5) is 24.3. The van der Waals surface area contributed by atoms with Crippen LogP contribution in [0, 0.1) is 0 Å². The number of amides is 1. The highest BCUT2D eigenvalue weighted by molar-refractivity contribution is 6.30. The molecule has 0 radical (unpaired) electrons. The van der Waals surface area contributed by atoms with Crippen LogP contribution in [0.2, 0.25) is 5.02 Å². The average Bonchev–Trinajstić information content (AvgIpc) is 3.35. The Morgan fingerprint density at radius 3 is 3.07 bits per heavy atom. The zero-order valence-electron chi connectivity index (χ0n) is 14.3. The molecule has 4 rings (SSSR count). The third-order valence-corrected chi connectivity index (χ3v) is 4.84. The number of nitrogens with one attached hydrogen (secondary N) is 3. The number of halogens is 1. The van der Waals surface area contributed by atoms with Gasteiger partial charge in [-0.25, -0.2) is 9.97 Å². The van der Waals surface area contributed by atoms with Gasteiger partial charge in [-0.15, -0.1) is 0 Å². The average molecular weight is 384 g/mol. The minimum atomic E-state index is -0.516. The molecule has 2 unspecified atom stereocenters. The van der Waals surface area contributed by atoms with E-state index in [4.69, 9.17) is 11.6 Å². The highest BCUT2D eigenvalue weighted by atomic mass is 35.5. The monoisotopic (exact) mass is 383 g/mol. The fourth-order valence-corrected chi connectivity index (χ4v) is 3.43. The SMILES string of the molecule is O=C(NC(CO)c1cccc(Cl)c1)C1CC(c2ncnc3[nH]ccc23)=CN1. The highest BCUT2D eigenvalue weighted by Crippen LogP contribution is 2.27.